The zero-order valence-corrected chi connectivity index (χ0v) is 16.0. The van der Waals surface area contributed by atoms with Crippen LogP contribution >= 0.6 is 11.6 Å². The summed E-state index contributed by atoms with van der Waals surface area (Å²) in [5, 5.41) is 6.42. The summed E-state index contributed by atoms with van der Waals surface area (Å²) in [4.78, 5) is 25.5. The topological polar surface area (TPSA) is 70.7 Å². The SMILES string of the molecule is COc1cc(Cl)c(C)cc1NCC(=O)Nc1ccc(C(=O)N(C)C)cc1. The Kier molecular flexibility index (Phi) is 6.46. The van der Waals surface area contributed by atoms with Crippen LogP contribution in [0.3, 0.4) is 0 Å². The number of methoxy groups -OCH3 is 1. The van der Waals surface area contributed by atoms with Crippen LogP contribution in [0.1, 0.15) is 15.9 Å². The van der Waals surface area contributed by atoms with Gasteiger partial charge in [-0.05, 0) is 42.8 Å². The molecule has 0 atom stereocenters. The fourth-order valence-electron chi connectivity index (χ4n) is 2.31. The molecule has 0 heterocycles. The number of aryl methyl sites for hydroxylation is 1. The number of nitrogens with one attached hydrogen (secondary N) is 2. The molecule has 0 aliphatic rings. The van der Waals surface area contributed by atoms with E-state index in [4.69, 9.17) is 16.3 Å². The van der Waals surface area contributed by atoms with Crippen molar-refractivity contribution in [3.05, 3.63) is 52.5 Å². The van der Waals surface area contributed by atoms with Gasteiger partial charge in [0.05, 0.1) is 19.3 Å². The largest absolute Gasteiger partial charge is 0.495 e. The van der Waals surface area contributed by atoms with Crippen LogP contribution in [0.25, 0.3) is 0 Å². The molecule has 0 saturated carbocycles. The number of carbonyl (C=O) groups excluding carboxylic acids is 2. The minimum atomic E-state index is -0.216. The van der Waals surface area contributed by atoms with Crippen molar-refractivity contribution in [3.63, 3.8) is 0 Å². The van der Waals surface area contributed by atoms with E-state index in [9.17, 15) is 9.59 Å². The van der Waals surface area contributed by atoms with E-state index >= 15 is 0 Å². The van der Waals surface area contributed by atoms with Crippen LogP contribution in [0.15, 0.2) is 36.4 Å². The molecular formula is C19H22ClN3O3. The molecule has 0 fully saturated rings. The Bertz CT molecular complexity index is 804. The van der Waals surface area contributed by atoms with Crippen molar-refractivity contribution >= 4 is 34.8 Å². The second kappa shape index (κ2) is 8.58. The number of hydrogen-bond donors (Lipinski definition) is 2. The van der Waals surface area contributed by atoms with Crippen molar-refractivity contribution in [2.24, 2.45) is 0 Å². The molecule has 2 aromatic carbocycles. The number of anilines is 2. The zero-order chi connectivity index (χ0) is 19.3. The van der Waals surface area contributed by atoms with Crippen molar-refractivity contribution in [1.82, 2.24) is 4.90 Å². The second-order valence-corrected chi connectivity index (χ2v) is 6.39. The molecule has 26 heavy (non-hydrogen) atoms. The van der Waals surface area contributed by atoms with Crippen molar-refractivity contribution in [2.45, 2.75) is 6.92 Å². The summed E-state index contributed by atoms with van der Waals surface area (Å²) < 4.78 is 5.27. The minimum Gasteiger partial charge on any atom is -0.495 e. The molecule has 0 unspecified atom stereocenters. The van der Waals surface area contributed by atoms with Crippen LogP contribution in [0, 0.1) is 6.92 Å². The van der Waals surface area contributed by atoms with Crippen molar-refractivity contribution in [3.8, 4) is 5.75 Å². The molecular weight excluding hydrogens is 354 g/mol. The highest BCUT2D eigenvalue weighted by Crippen LogP contribution is 2.30. The van der Waals surface area contributed by atoms with Crippen LogP contribution in [-0.2, 0) is 4.79 Å². The van der Waals surface area contributed by atoms with Gasteiger partial charge in [0.2, 0.25) is 5.91 Å². The lowest BCUT2D eigenvalue weighted by Gasteiger charge is -2.13. The predicted molar refractivity (Wildman–Crippen MR) is 104 cm³/mol. The third kappa shape index (κ3) is 4.89. The van der Waals surface area contributed by atoms with Crippen molar-refractivity contribution in [2.75, 3.05) is 38.4 Å². The van der Waals surface area contributed by atoms with E-state index in [1.54, 1.807) is 51.5 Å². The van der Waals surface area contributed by atoms with Gasteiger partial charge in [-0.1, -0.05) is 11.6 Å². The Morgan fingerprint density at radius 3 is 2.38 bits per heavy atom. The Hall–Kier alpha value is -2.73. The van der Waals surface area contributed by atoms with Gasteiger partial charge in [0, 0.05) is 36.4 Å². The standard InChI is InChI=1S/C19H22ClN3O3/c1-12-9-16(17(26-4)10-15(12)20)21-11-18(24)22-14-7-5-13(6-8-14)19(25)23(2)3/h5-10,21H,11H2,1-4H3,(H,22,24). The Balaban J connectivity index is 1.97. The molecule has 0 spiro atoms. The second-order valence-electron chi connectivity index (χ2n) is 5.98. The smallest absolute Gasteiger partial charge is 0.253 e. The average Bonchev–Trinajstić information content (AvgIpc) is 2.62. The van der Waals surface area contributed by atoms with E-state index in [1.165, 1.54) is 4.90 Å². The molecule has 2 amide bonds. The summed E-state index contributed by atoms with van der Waals surface area (Å²) in [6, 6.07) is 10.3. The van der Waals surface area contributed by atoms with E-state index in [-0.39, 0.29) is 18.4 Å². The third-order valence-electron chi connectivity index (χ3n) is 3.74. The summed E-state index contributed by atoms with van der Waals surface area (Å²) in [6.07, 6.45) is 0. The van der Waals surface area contributed by atoms with Crippen LogP contribution in [0.2, 0.25) is 5.02 Å². The van der Waals surface area contributed by atoms with Crippen LogP contribution in [0.5, 0.6) is 5.75 Å². The summed E-state index contributed by atoms with van der Waals surface area (Å²) >= 11 is 6.08. The van der Waals surface area contributed by atoms with Gasteiger partial charge in [-0.25, -0.2) is 0 Å². The monoisotopic (exact) mass is 375 g/mol. The van der Waals surface area contributed by atoms with Crippen molar-refractivity contribution in [1.29, 1.82) is 0 Å². The quantitative estimate of drug-likeness (QED) is 0.811. The number of amides is 2. The first kappa shape index (κ1) is 19.6. The summed E-state index contributed by atoms with van der Waals surface area (Å²) in [5.74, 6) is 0.265. The fourth-order valence-corrected chi connectivity index (χ4v) is 2.46. The van der Waals surface area contributed by atoms with Gasteiger partial charge in [-0.2, -0.15) is 0 Å². The molecule has 0 bridgehead atoms. The number of carbonyl (C=O) groups is 2. The van der Waals surface area contributed by atoms with Crippen LogP contribution < -0.4 is 15.4 Å². The highest BCUT2D eigenvalue weighted by molar-refractivity contribution is 6.31. The number of nitrogens with zero attached hydrogens (tertiary/aromatic N) is 1. The van der Waals surface area contributed by atoms with Gasteiger partial charge < -0.3 is 20.3 Å². The first-order valence-corrected chi connectivity index (χ1v) is 8.39. The molecule has 0 radical (unpaired) electrons. The van der Waals surface area contributed by atoms with Gasteiger partial charge >= 0.3 is 0 Å². The van der Waals surface area contributed by atoms with E-state index in [2.05, 4.69) is 10.6 Å². The maximum Gasteiger partial charge on any atom is 0.253 e. The Morgan fingerprint density at radius 1 is 1.15 bits per heavy atom. The molecule has 0 saturated heterocycles. The highest BCUT2D eigenvalue weighted by Gasteiger charge is 2.10. The molecule has 138 valence electrons. The lowest BCUT2D eigenvalue weighted by molar-refractivity contribution is -0.114. The van der Waals surface area contributed by atoms with Crippen LogP contribution in [-0.4, -0.2) is 44.5 Å². The van der Waals surface area contributed by atoms with E-state index in [0.717, 1.165) is 5.56 Å². The number of hydrogen-bond acceptors (Lipinski definition) is 4. The van der Waals surface area contributed by atoms with E-state index in [0.29, 0.717) is 27.7 Å². The van der Waals surface area contributed by atoms with Gasteiger partial charge in [0.15, 0.2) is 0 Å². The molecule has 6 nitrogen and oxygen atoms in total. The number of rotatable bonds is 6. The Labute approximate surface area is 158 Å². The maximum atomic E-state index is 12.1. The molecule has 0 aliphatic heterocycles. The van der Waals surface area contributed by atoms with Crippen LogP contribution in [0.4, 0.5) is 11.4 Å². The van der Waals surface area contributed by atoms with Gasteiger partial charge in [0.1, 0.15) is 5.75 Å². The van der Waals surface area contributed by atoms with E-state index in [1.807, 2.05) is 13.0 Å². The third-order valence-corrected chi connectivity index (χ3v) is 4.15. The zero-order valence-electron chi connectivity index (χ0n) is 15.2. The minimum absolute atomic E-state index is 0.0653. The van der Waals surface area contributed by atoms with Gasteiger partial charge in [0.25, 0.3) is 5.91 Å². The van der Waals surface area contributed by atoms with E-state index < -0.39 is 0 Å². The lowest BCUT2D eigenvalue weighted by atomic mass is 10.2. The Morgan fingerprint density at radius 2 is 1.81 bits per heavy atom. The fraction of sp³-hybridized carbons (Fsp3) is 0.263. The normalized spacial score (nSPS) is 10.2. The number of benzene rings is 2. The number of ether oxygens (including phenoxy) is 1. The van der Waals surface area contributed by atoms with Gasteiger partial charge in [-0.3, -0.25) is 9.59 Å². The molecule has 2 aromatic rings. The first-order valence-electron chi connectivity index (χ1n) is 8.01. The molecule has 7 heteroatoms. The molecule has 2 rings (SSSR count). The maximum absolute atomic E-state index is 12.1. The first-order chi connectivity index (χ1) is 12.3. The highest BCUT2D eigenvalue weighted by atomic mass is 35.5. The summed E-state index contributed by atoms with van der Waals surface area (Å²) in [5.41, 5.74) is 2.76. The lowest BCUT2D eigenvalue weighted by Crippen LogP contribution is -2.23. The van der Waals surface area contributed by atoms with Gasteiger partial charge in [-0.15, -0.1) is 0 Å². The summed E-state index contributed by atoms with van der Waals surface area (Å²) in [7, 11) is 4.93. The predicted octanol–water partition coefficient (Wildman–Crippen LogP) is 3.41. The molecule has 0 aromatic heterocycles. The molecule has 2 N–H and O–H groups in total. The van der Waals surface area contributed by atoms with Crippen molar-refractivity contribution < 1.29 is 14.3 Å². The number of halogens is 1. The average molecular weight is 376 g/mol. The molecule has 0 aliphatic carbocycles. The summed E-state index contributed by atoms with van der Waals surface area (Å²) in [6.45, 7) is 1.94.